The minimum Gasteiger partial charge on any atom is -0.354 e. The van der Waals surface area contributed by atoms with Crippen LogP contribution in [0.4, 0.5) is 17.3 Å². The first-order valence-electron chi connectivity index (χ1n) is 12.0. The van der Waals surface area contributed by atoms with E-state index in [1.807, 2.05) is 57.4 Å². The Labute approximate surface area is 210 Å². The summed E-state index contributed by atoms with van der Waals surface area (Å²) in [5.74, 6) is 1.58. The second-order valence-electron chi connectivity index (χ2n) is 9.43. The molecule has 36 heavy (non-hydrogen) atoms. The number of rotatable bonds is 4. The quantitative estimate of drug-likeness (QED) is 0.473. The van der Waals surface area contributed by atoms with Crippen molar-refractivity contribution in [2.45, 2.75) is 13.8 Å². The molecule has 0 spiro atoms. The fraction of sp³-hybridized carbons (Fsp3) is 0.286. The summed E-state index contributed by atoms with van der Waals surface area (Å²) in [6, 6.07) is 14.1. The molecule has 1 aliphatic heterocycles. The fourth-order valence-corrected chi connectivity index (χ4v) is 4.94. The van der Waals surface area contributed by atoms with Crippen molar-refractivity contribution in [2.75, 3.05) is 50.1 Å². The number of aromatic nitrogens is 3. The smallest absolute Gasteiger partial charge is 0.272 e. The minimum atomic E-state index is -0.172. The Morgan fingerprint density at radius 3 is 2.44 bits per heavy atom. The number of aryl methyl sites for hydroxylation is 2. The average Bonchev–Trinajstić information content (AvgIpc) is 2.87. The third kappa shape index (κ3) is 4.30. The highest BCUT2D eigenvalue weighted by Gasteiger charge is 2.19. The molecule has 0 saturated carbocycles. The first-order chi connectivity index (χ1) is 17.4. The molecule has 8 nitrogen and oxygen atoms in total. The Morgan fingerprint density at radius 2 is 1.78 bits per heavy atom. The molecule has 4 aromatic rings. The maximum absolute atomic E-state index is 12.8. The van der Waals surface area contributed by atoms with E-state index in [4.69, 9.17) is 4.98 Å². The third-order valence-corrected chi connectivity index (χ3v) is 6.87. The second kappa shape index (κ2) is 9.44. The van der Waals surface area contributed by atoms with E-state index in [-0.39, 0.29) is 5.56 Å². The molecule has 1 fully saturated rings. The second-order valence-corrected chi connectivity index (χ2v) is 9.43. The van der Waals surface area contributed by atoms with Crippen molar-refractivity contribution >= 4 is 28.1 Å². The van der Waals surface area contributed by atoms with E-state index in [0.29, 0.717) is 17.1 Å². The Balaban J connectivity index is 1.58. The van der Waals surface area contributed by atoms with Crippen LogP contribution in [-0.4, -0.2) is 60.1 Å². The fourth-order valence-electron chi connectivity index (χ4n) is 4.94. The third-order valence-electron chi connectivity index (χ3n) is 6.87. The van der Waals surface area contributed by atoms with Gasteiger partial charge in [0.05, 0.1) is 11.6 Å². The van der Waals surface area contributed by atoms with Crippen LogP contribution in [0.1, 0.15) is 16.8 Å². The highest BCUT2D eigenvalue weighted by Crippen LogP contribution is 2.34. The molecule has 8 heteroatoms. The summed E-state index contributed by atoms with van der Waals surface area (Å²) in [6.07, 6.45) is 3.54. The van der Waals surface area contributed by atoms with E-state index < -0.39 is 0 Å². The lowest BCUT2D eigenvalue weighted by Crippen LogP contribution is -2.44. The van der Waals surface area contributed by atoms with Crippen LogP contribution in [0, 0.1) is 25.2 Å². The van der Waals surface area contributed by atoms with E-state index in [1.54, 1.807) is 11.1 Å². The van der Waals surface area contributed by atoms with Crippen LogP contribution >= 0.6 is 0 Å². The monoisotopic (exact) mass is 479 g/mol. The molecule has 0 unspecified atom stereocenters. The lowest BCUT2D eigenvalue weighted by molar-refractivity contribution is 0.312. The van der Waals surface area contributed by atoms with Gasteiger partial charge in [-0.25, -0.2) is 9.97 Å². The number of pyridine rings is 3. The van der Waals surface area contributed by atoms with Crippen LogP contribution in [0.2, 0.25) is 0 Å². The normalized spacial score (nSPS) is 14.1. The predicted molar refractivity (Wildman–Crippen MR) is 144 cm³/mol. The van der Waals surface area contributed by atoms with Gasteiger partial charge in [-0.2, -0.15) is 5.26 Å². The van der Waals surface area contributed by atoms with Gasteiger partial charge in [0, 0.05) is 67.7 Å². The number of anilines is 3. The first-order valence-corrected chi connectivity index (χ1v) is 12.0. The van der Waals surface area contributed by atoms with Gasteiger partial charge < -0.3 is 19.7 Å². The lowest BCUT2D eigenvalue weighted by Gasteiger charge is -2.33. The van der Waals surface area contributed by atoms with Gasteiger partial charge in [-0.3, -0.25) is 4.79 Å². The average molecular weight is 480 g/mol. The van der Waals surface area contributed by atoms with Crippen molar-refractivity contribution in [3.63, 3.8) is 0 Å². The molecule has 0 atom stereocenters. The van der Waals surface area contributed by atoms with Gasteiger partial charge in [-0.1, -0.05) is 0 Å². The van der Waals surface area contributed by atoms with E-state index >= 15 is 0 Å². The minimum absolute atomic E-state index is 0.172. The van der Waals surface area contributed by atoms with Gasteiger partial charge in [0.25, 0.3) is 5.56 Å². The Kier molecular flexibility index (Phi) is 6.17. The number of likely N-dealkylation sites (N-methyl/N-ethyl adjacent to an activating group) is 1. The van der Waals surface area contributed by atoms with Gasteiger partial charge in [0.2, 0.25) is 0 Å². The Hall–Kier alpha value is -4.22. The van der Waals surface area contributed by atoms with Crippen LogP contribution < -0.4 is 15.4 Å². The Morgan fingerprint density at radius 1 is 1.00 bits per heavy atom. The first kappa shape index (κ1) is 23.5. The molecular formula is C28H29N7O. The number of nitriles is 1. The van der Waals surface area contributed by atoms with E-state index in [1.165, 1.54) is 0 Å². The van der Waals surface area contributed by atoms with E-state index in [9.17, 15) is 10.1 Å². The number of hydrogen-bond acceptors (Lipinski definition) is 7. The van der Waals surface area contributed by atoms with Crippen LogP contribution in [0.3, 0.4) is 0 Å². The van der Waals surface area contributed by atoms with Crippen molar-refractivity contribution in [3.05, 3.63) is 76.0 Å². The van der Waals surface area contributed by atoms with E-state index in [2.05, 4.69) is 39.0 Å². The van der Waals surface area contributed by atoms with Crippen molar-refractivity contribution in [1.29, 1.82) is 5.26 Å². The molecule has 0 amide bonds. The number of nitrogens with zero attached hydrogens (tertiary/aromatic N) is 6. The number of nitrogens with one attached hydrogen (secondary N) is 1. The number of fused-ring (bicyclic) bond motifs is 1. The molecule has 0 aliphatic carbocycles. The molecule has 4 heterocycles. The summed E-state index contributed by atoms with van der Waals surface area (Å²) in [6.45, 7) is 7.73. The van der Waals surface area contributed by atoms with Gasteiger partial charge >= 0.3 is 0 Å². The van der Waals surface area contributed by atoms with E-state index in [0.717, 1.165) is 65.2 Å². The summed E-state index contributed by atoms with van der Waals surface area (Å²) < 4.78 is 0. The zero-order valence-electron chi connectivity index (χ0n) is 21.0. The summed E-state index contributed by atoms with van der Waals surface area (Å²) in [4.78, 5) is 31.5. The van der Waals surface area contributed by atoms with Gasteiger partial charge in [-0.05, 0) is 68.4 Å². The zero-order valence-corrected chi connectivity index (χ0v) is 21.0. The van der Waals surface area contributed by atoms with Crippen LogP contribution in [0.25, 0.3) is 21.9 Å². The lowest BCUT2D eigenvalue weighted by atomic mass is 9.98. The molecule has 1 saturated heterocycles. The molecule has 0 radical (unpaired) electrons. The zero-order chi connectivity index (χ0) is 25.4. The number of hydrogen-bond donors (Lipinski definition) is 1. The van der Waals surface area contributed by atoms with Gasteiger partial charge in [-0.15, -0.1) is 0 Å². The summed E-state index contributed by atoms with van der Waals surface area (Å²) in [5.41, 5.74) is 4.39. The van der Waals surface area contributed by atoms with Gasteiger partial charge in [0.15, 0.2) is 0 Å². The number of benzene rings is 1. The number of piperazine rings is 1. The topological polar surface area (TPSA) is 92.2 Å². The van der Waals surface area contributed by atoms with Crippen LogP contribution in [0.5, 0.6) is 0 Å². The molecule has 1 aliphatic rings. The maximum atomic E-state index is 12.8. The summed E-state index contributed by atoms with van der Waals surface area (Å²) >= 11 is 0. The maximum Gasteiger partial charge on any atom is 0.272 e. The van der Waals surface area contributed by atoms with Crippen LogP contribution in [0.15, 0.2) is 53.6 Å². The summed E-state index contributed by atoms with van der Waals surface area (Å²) in [5, 5.41) is 11.5. The molecular weight excluding hydrogens is 450 g/mol. The molecule has 1 N–H and O–H groups in total. The number of H-pyrrole nitrogens is 1. The highest BCUT2D eigenvalue weighted by atomic mass is 16.1. The van der Waals surface area contributed by atoms with Crippen LogP contribution in [-0.2, 0) is 0 Å². The Bertz CT molecular complexity index is 1530. The van der Waals surface area contributed by atoms with Crippen molar-refractivity contribution in [1.82, 2.24) is 19.9 Å². The summed E-state index contributed by atoms with van der Waals surface area (Å²) in [7, 11) is 3.97. The molecule has 5 rings (SSSR count). The van der Waals surface area contributed by atoms with Crippen molar-refractivity contribution in [2.24, 2.45) is 0 Å². The van der Waals surface area contributed by atoms with Gasteiger partial charge in [0.1, 0.15) is 17.3 Å². The number of aromatic amines is 1. The molecule has 0 bridgehead atoms. The molecule has 182 valence electrons. The largest absolute Gasteiger partial charge is 0.354 e. The standard InChI is InChI=1S/C28H29N7O/c1-18-13-19(2)32-28(36)26(18)34(4)27-24-15-21(14-22(16-29)23(24)7-8-30-27)20-5-6-25(31-17-20)35-11-9-33(3)10-12-35/h5-8,13-15,17H,9-12H2,1-4H3,(H,32,36). The molecule has 1 aromatic carbocycles. The van der Waals surface area contributed by atoms with Crippen molar-refractivity contribution < 1.29 is 0 Å². The predicted octanol–water partition coefficient (Wildman–Crippen LogP) is 3.99. The molecule has 3 aromatic heterocycles. The van der Waals surface area contributed by atoms with Crippen molar-refractivity contribution in [3.8, 4) is 17.2 Å². The SMILES string of the molecule is Cc1cc(C)c(N(C)c2nccc3c(C#N)cc(-c4ccc(N5CCN(C)CC5)nc4)cc23)c(=O)[nH]1. The highest BCUT2D eigenvalue weighted by molar-refractivity contribution is 6.00.